The molecule has 0 spiro atoms. The zero-order chi connectivity index (χ0) is 13.2. The number of anilines is 1. The second-order valence-electron chi connectivity index (χ2n) is 4.33. The van der Waals surface area contributed by atoms with Crippen molar-refractivity contribution in [3.8, 4) is 11.1 Å². The summed E-state index contributed by atoms with van der Waals surface area (Å²) in [4.78, 5) is 6.17. The highest BCUT2D eigenvalue weighted by molar-refractivity contribution is 6.07. The van der Waals surface area contributed by atoms with E-state index in [0.29, 0.717) is 0 Å². The molecule has 0 unspecified atom stereocenters. The van der Waals surface area contributed by atoms with Gasteiger partial charge in [-0.1, -0.05) is 49.0 Å². The molecule has 0 saturated heterocycles. The van der Waals surface area contributed by atoms with Crippen LogP contribution in [-0.4, -0.2) is 13.4 Å². The maximum atomic E-state index is 4.14. The minimum Gasteiger partial charge on any atom is -0.293 e. The summed E-state index contributed by atoms with van der Waals surface area (Å²) in [6.07, 6.45) is 1.81. The smallest absolute Gasteiger partial charge is 0.0971 e. The van der Waals surface area contributed by atoms with E-state index in [1.54, 1.807) is 7.05 Å². The first kappa shape index (κ1) is 11.5. The van der Waals surface area contributed by atoms with E-state index in [0.717, 1.165) is 16.9 Å². The fraction of sp³-hybridized carbons (Fsp3) is 0.0588. The number of rotatable bonds is 1. The van der Waals surface area contributed by atoms with E-state index in [1.807, 2.05) is 23.4 Å². The monoisotopic (exact) mass is 246 g/mol. The number of hydrogen-bond donors (Lipinski definition) is 0. The topological polar surface area (TPSA) is 15.6 Å². The molecular formula is C17H14N2. The van der Waals surface area contributed by atoms with Gasteiger partial charge in [0.2, 0.25) is 0 Å². The summed E-state index contributed by atoms with van der Waals surface area (Å²) in [5.74, 6) is 0. The number of benzene rings is 2. The van der Waals surface area contributed by atoms with Gasteiger partial charge in [-0.05, 0) is 11.6 Å². The third-order valence-corrected chi connectivity index (χ3v) is 3.28. The SMILES string of the molecule is C=C=C1c2ccccc2-c2ccccc2N1C=NC. The Kier molecular flexibility index (Phi) is 2.79. The minimum absolute atomic E-state index is 0.944. The van der Waals surface area contributed by atoms with Crippen LogP contribution in [0.1, 0.15) is 5.56 Å². The summed E-state index contributed by atoms with van der Waals surface area (Å²) < 4.78 is 0. The van der Waals surface area contributed by atoms with Gasteiger partial charge in [0, 0.05) is 18.2 Å². The second kappa shape index (κ2) is 4.60. The zero-order valence-corrected chi connectivity index (χ0v) is 10.8. The zero-order valence-electron chi connectivity index (χ0n) is 10.8. The molecule has 2 heteroatoms. The van der Waals surface area contributed by atoms with E-state index in [2.05, 4.69) is 53.7 Å². The highest BCUT2D eigenvalue weighted by atomic mass is 15.2. The molecule has 0 N–H and O–H groups in total. The second-order valence-corrected chi connectivity index (χ2v) is 4.33. The fourth-order valence-electron chi connectivity index (χ4n) is 2.50. The van der Waals surface area contributed by atoms with Gasteiger partial charge in [0.15, 0.2) is 0 Å². The summed E-state index contributed by atoms with van der Waals surface area (Å²) in [6, 6.07) is 16.6. The summed E-state index contributed by atoms with van der Waals surface area (Å²) >= 11 is 0. The summed E-state index contributed by atoms with van der Waals surface area (Å²) in [7, 11) is 1.77. The van der Waals surface area contributed by atoms with Crippen LogP contribution in [0.4, 0.5) is 5.69 Å². The maximum Gasteiger partial charge on any atom is 0.0971 e. The van der Waals surface area contributed by atoms with Gasteiger partial charge in [-0.2, -0.15) is 0 Å². The van der Waals surface area contributed by atoms with Crippen LogP contribution in [0.2, 0.25) is 0 Å². The van der Waals surface area contributed by atoms with Gasteiger partial charge in [0.25, 0.3) is 0 Å². The van der Waals surface area contributed by atoms with E-state index in [9.17, 15) is 0 Å². The van der Waals surface area contributed by atoms with Crippen LogP contribution in [0.15, 0.2) is 65.8 Å². The van der Waals surface area contributed by atoms with Crippen LogP contribution in [-0.2, 0) is 0 Å². The van der Waals surface area contributed by atoms with Crippen molar-refractivity contribution in [2.24, 2.45) is 4.99 Å². The summed E-state index contributed by atoms with van der Waals surface area (Å²) in [5, 5.41) is 0. The molecule has 1 aliphatic heterocycles. The Bertz CT molecular complexity index is 707. The van der Waals surface area contributed by atoms with Crippen molar-refractivity contribution in [3.05, 3.63) is 66.4 Å². The Morgan fingerprint density at radius 2 is 1.63 bits per heavy atom. The molecule has 1 heterocycles. The number of nitrogens with zero attached hydrogens (tertiary/aromatic N) is 2. The molecule has 0 bridgehead atoms. The molecule has 19 heavy (non-hydrogen) atoms. The quantitative estimate of drug-likeness (QED) is 0.422. The van der Waals surface area contributed by atoms with Gasteiger partial charge >= 0.3 is 0 Å². The van der Waals surface area contributed by atoms with E-state index < -0.39 is 0 Å². The van der Waals surface area contributed by atoms with Gasteiger partial charge in [-0.15, -0.1) is 5.73 Å². The molecule has 0 atom stereocenters. The lowest BCUT2D eigenvalue weighted by atomic mass is 9.91. The first-order chi connectivity index (χ1) is 9.36. The lowest BCUT2D eigenvalue weighted by molar-refractivity contribution is 1.31. The van der Waals surface area contributed by atoms with E-state index in [4.69, 9.17) is 0 Å². The van der Waals surface area contributed by atoms with Crippen molar-refractivity contribution < 1.29 is 0 Å². The van der Waals surface area contributed by atoms with Crippen LogP contribution >= 0.6 is 0 Å². The van der Waals surface area contributed by atoms with Crippen LogP contribution in [0, 0.1) is 0 Å². The first-order valence-electron chi connectivity index (χ1n) is 6.17. The van der Waals surface area contributed by atoms with Crippen LogP contribution in [0.25, 0.3) is 16.8 Å². The molecule has 0 aliphatic carbocycles. The van der Waals surface area contributed by atoms with Crippen molar-refractivity contribution >= 4 is 17.7 Å². The Hall–Kier alpha value is -2.57. The lowest BCUT2D eigenvalue weighted by Gasteiger charge is -2.30. The van der Waals surface area contributed by atoms with Gasteiger partial charge in [0.1, 0.15) is 0 Å². The highest BCUT2D eigenvalue weighted by Crippen LogP contribution is 2.42. The van der Waals surface area contributed by atoms with Crippen molar-refractivity contribution in [2.75, 3.05) is 11.9 Å². The number of para-hydroxylation sites is 1. The molecule has 0 saturated carbocycles. The molecule has 0 amide bonds. The van der Waals surface area contributed by atoms with E-state index >= 15 is 0 Å². The van der Waals surface area contributed by atoms with Crippen LogP contribution in [0.3, 0.4) is 0 Å². The largest absolute Gasteiger partial charge is 0.293 e. The Labute approximate surface area is 113 Å². The Balaban J connectivity index is 2.37. The van der Waals surface area contributed by atoms with Crippen LogP contribution in [0.5, 0.6) is 0 Å². The third kappa shape index (κ3) is 1.70. The normalized spacial score (nSPS) is 13.1. The van der Waals surface area contributed by atoms with E-state index in [1.165, 1.54) is 11.1 Å². The Morgan fingerprint density at radius 1 is 1.00 bits per heavy atom. The maximum absolute atomic E-state index is 4.14. The molecule has 2 nitrogen and oxygen atoms in total. The standard InChI is InChI=1S/C17H14N2/c1-3-16-14-9-5-4-8-13(14)15-10-6-7-11-17(15)19(16)12-18-2/h4-12H,1H2,2H3. The number of aliphatic imine (C=N–C) groups is 1. The number of fused-ring (bicyclic) bond motifs is 3. The molecule has 0 aromatic heterocycles. The molecule has 2 aromatic rings. The average molecular weight is 246 g/mol. The van der Waals surface area contributed by atoms with Gasteiger partial charge < -0.3 is 0 Å². The molecule has 92 valence electrons. The summed E-state index contributed by atoms with van der Waals surface area (Å²) in [6.45, 7) is 3.82. The average Bonchev–Trinajstić information content (AvgIpc) is 2.48. The minimum atomic E-state index is 0.944. The van der Waals surface area contributed by atoms with Crippen molar-refractivity contribution in [1.29, 1.82) is 0 Å². The first-order valence-corrected chi connectivity index (χ1v) is 6.17. The van der Waals surface area contributed by atoms with Gasteiger partial charge in [-0.3, -0.25) is 9.89 Å². The number of hydrogen-bond acceptors (Lipinski definition) is 1. The molecule has 0 fully saturated rings. The van der Waals surface area contributed by atoms with Crippen molar-refractivity contribution in [1.82, 2.24) is 0 Å². The van der Waals surface area contributed by atoms with Crippen molar-refractivity contribution in [2.45, 2.75) is 0 Å². The molecule has 1 aliphatic rings. The Morgan fingerprint density at radius 3 is 2.32 bits per heavy atom. The molecule has 2 aromatic carbocycles. The van der Waals surface area contributed by atoms with E-state index in [-0.39, 0.29) is 0 Å². The predicted molar refractivity (Wildman–Crippen MR) is 81.3 cm³/mol. The van der Waals surface area contributed by atoms with Crippen LogP contribution < -0.4 is 4.90 Å². The van der Waals surface area contributed by atoms with Gasteiger partial charge in [0.05, 0.1) is 17.7 Å². The van der Waals surface area contributed by atoms with Gasteiger partial charge in [-0.25, -0.2) is 0 Å². The third-order valence-electron chi connectivity index (χ3n) is 3.28. The molecule has 3 rings (SSSR count). The predicted octanol–water partition coefficient (Wildman–Crippen LogP) is 3.96. The lowest BCUT2D eigenvalue weighted by Crippen LogP contribution is -2.23. The van der Waals surface area contributed by atoms with Crippen molar-refractivity contribution in [3.63, 3.8) is 0 Å². The molecule has 0 radical (unpaired) electrons. The fourth-order valence-corrected chi connectivity index (χ4v) is 2.50. The summed E-state index contributed by atoms with van der Waals surface area (Å²) in [5.41, 5.74) is 8.64. The molecular weight excluding hydrogens is 232 g/mol. The highest BCUT2D eigenvalue weighted by Gasteiger charge is 2.24.